The van der Waals surface area contributed by atoms with E-state index in [-0.39, 0.29) is 6.10 Å². The van der Waals surface area contributed by atoms with Gasteiger partial charge in [-0.15, -0.1) is 0 Å². The maximum absolute atomic E-state index is 5.26. The standard InChI is InChI=1S/C8H15BrO/c1-6(2)8(9)5-10-7(3)4/h5-7H,1-4H3/b8-5-. The van der Waals surface area contributed by atoms with Crippen molar-refractivity contribution in [1.82, 2.24) is 0 Å². The Morgan fingerprint density at radius 2 is 1.80 bits per heavy atom. The highest BCUT2D eigenvalue weighted by Crippen LogP contribution is 2.16. The summed E-state index contributed by atoms with van der Waals surface area (Å²) in [6, 6.07) is 0. The number of halogens is 1. The second kappa shape index (κ2) is 4.78. The van der Waals surface area contributed by atoms with Crippen LogP contribution in [0.15, 0.2) is 10.7 Å². The number of allylic oxidation sites excluding steroid dienone is 1. The lowest BCUT2D eigenvalue weighted by Crippen LogP contribution is -1.97. The van der Waals surface area contributed by atoms with Gasteiger partial charge < -0.3 is 4.74 Å². The van der Waals surface area contributed by atoms with E-state index in [0.29, 0.717) is 5.92 Å². The Bertz CT molecular complexity index is 116. The number of ether oxygens (including phenoxy) is 1. The second-order valence-corrected chi connectivity index (χ2v) is 3.76. The predicted octanol–water partition coefficient (Wildman–Crippen LogP) is 3.30. The number of hydrogen-bond donors (Lipinski definition) is 0. The lowest BCUT2D eigenvalue weighted by molar-refractivity contribution is 0.177. The Morgan fingerprint density at radius 1 is 1.30 bits per heavy atom. The van der Waals surface area contributed by atoms with Gasteiger partial charge in [0, 0.05) is 4.48 Å². The van der Waals surface area contributed by atoms with E-state index in [9.17, 15) is 0 Å². The Kier molecular flexibility index (Phi) is 4.79. The summed E-state index contributed by atoms with van der Waals surface area (Å²) in [4.78, 5) is 0. The molecule has 0 amide bonds. The normalized spacial score (nSPS) is 12.9. The van der Waals surface area contributed by atoms with Crippen molar-refractivity contribution in [2.75, 3.05) is 0 Å². The summed E-state index contributed by atoms with van der Waals surface area (Å²) in [5.74, 6) is 0.513. The molecule has 0 saturated heterocycles. The molecule has 0 rings (SSSR count). The van der Waals surface area contributed by atoms with Crippen LogP contribution < -0.4 is 0 Å². The van der Waals surface area contributed by atoms with Gasteiger partial charge in [0.05, 0.1) is 12.4 Å². The van der Waals surface area contributed by atoms with Crippen LogP contribution in [0.5, 0.6) is 0 Å². The first kappa shape index (κ1) is 10.0. The lowest BCUT2D eigenvalue weighted by Gasteiger charge is -2.06. The first-order valence-corrected chi connectivity index (χ1v) is 4.34. The summed E-state index contributed by atoms with van der Waals surface area (Å²) in [5, 5.41) is 0. The molecule has 0 bridgehead atoms. The Hall–Kier alpha value is 0.0200. The highest BCUT2D eigenvalue weighted by molar-refractivity contribution is 9.11. The molecule has 0 spiro atoms. The van der Waals surface area contributed by atoms with Crippen molar-refractivity contribution in [3.8, 4) is 0 Å². The first-order chi connectivity index (χ1) is 4.54. The van der Waals surface area contributed by atoms with Crippen LogP contribution in [0.4, 0.5) is 0 Å². The molecule has 1 nitrogen and oxygen atoms in total. The average Bonchev–Trinajstić information content (AvgIpc) is 1.82. The van der Waals surface area contributed by atoms with Gasteiger partial charge in [0.2, 0.25) is 0 Å². The molecule has 0 heterocycles. The van der Waals surface area contributed by atoms with E-state index >= 15 is 0 Å². The molecule has 0 N–H and O–H groups in total. The van der Waals surface area contributed by atoms with E-state index in [4.69, 9.17) is 4.74 Å². The molecule has 0 fully saturated rings. The summed E-state index contributed by atoms with van der Waals surface area (Å²) in [6.07, 6.45) is 2.04. The Morgan fingerprint density at radius 3 is 2.10 bits per heavy atom. The van der Waals surface area contributed by atoms with Gasteiger partial charge in [-0.25, -0.2) is 0 Å². The molecule has 2 heteroatoms. The molecular formula is C8H15BrO. The molecule has 10 heavy (non-hydrogen) atoms. The molecule has 0 aromatic heterocycles. The Balaban J connectivity index is 3.69. The van der Waals surface area contributed by atoms with Gasteiger partial charge in [-0.3, -0.25) is 0 Å². The highest BCUT2D eigenvalue weighted by Gasteiger charge is 1.98. The van der Waals surface area contributed by atoms with Crippen molar-refractivity contribution in [1.29, 1.82) is 0 Å². The van der Waals surface area contributed by atoms with Crippen LogP contribution in [0.2, 0.25) is 0 Å². The summed E-state index contributed by atoms with van der Waals surface area (Å²) < 4.78 is 6.37. The Labute approximate surface area is 71.6 Å². The fourth-order valence-corrected chi connectivity index (χ4v) is 0.445. The topological polar surface area (TPSA) is 9.23 Å². The third-order valence-electron chi connectivity index (χ3n) is 1.00. The fraction of sp³-hybridized carbons (Fsp3) is 0.750. The van der Waals surface area contributed by atoms with Crippen molar-refractivity contribution in [2.45, 2.75) is 33.8 Å². The van der Waals surface area contributed by atoms with Crippen molar-refractivity contribution in [3.63, 3.8) is 0 Å². The molecule has 0 aliphatic rings. The largest absolute Gasteiger partial charge is 0.498 e. The van der Waals surface area contributed by atoms with Gasteiger partial charge in [0.15, 0.2) is 0 Å². The van der Waals surface area contributed by atoms with E-state index in [1.54, 1.807) is 6.26 Å². The van der Waals surface area contributed by atoms with Gasteiger partial charge in [-0.2, -0.15) is 0 Å². The second-order valence-electron chi connectivity index (χ2n) is 2.84. The van der Waals surface area contributed by atoms with Crippen molar-refractivity contribution >= 4 is 15.9 Å². The molecule has 0 aliphatic carbocycles. The van der Waals surface area contributed by atoms with E-state index < -0.39 is 0 Å². The van der Waals surface area contributed by atoms with E-state index in [0.717, 1.165) is 4.48 Å². The average molecular weight is 207 g/mol. The third-order valence-corrected chi connectivity index (χ3v) is 2.11. The predicted molar refractivity (Wildman–Crippen MR) is 48.1 cm³/mol. The van der Waals surface area contributed by atoms with Gasteiger partial charge in [0.1, 0.15) is 0 Å². The third kappa shape index (κ3) is 4.86. The van der Waals surface area contributed by atoms with E-state index in [1.807, 2.05) is 13.8 Å². The summed E-state index contributed by atoms with van der Waals surface area (Å²) >= 11 is 3.41. The van der Waals surface area contributed by atoms with Gasteiger partial charge in [-0.05, 0) is 19.8 Å². The molecule has 0 aromatic rings. The first-order valence-electron chi connectivity index (χ1n) is 3.55. The van der Waals surface area contributed by atoms with Crippen LogP contribution in [0.25, 0.3) is 0 Å². The maximum atomic E-state index is 5.26. The minimum absolute atomic E-state index is 0.270. The molecule has 0 unspecified atom stereocenters. The zero-order valence-corrected chi connectivity index (χ0v) is 8.60. The summed E-state index contributed by atoms with van der Waals surface area (Å²) in [6.45, 7) is 8.25. The van der Waals surface area contributed by atoms with Gasteiger partial charge in [-0.1, -0.05) is 29.8 Å². The quantitative estimate of drug-likeness (QED) is 0.645. The zero-order chi connectivity index (χ0) is 8.15. The summed E-state index contributed by atoms with van der Waals surface area (Å²) in [7, 11) is 0. The fourth-order valence-electron chi connectivity index (χ4n) is 0.337. The number of hydrogen-bond acceptors (Lipinski definition) is 1. The minimum atomic E-state index is 0.270. The molecule has 0 aliphatic heterocycles. The highest BCUT2D eigenvalue weighted by atomic mass is 79.9. The minimum Gasteiger partial charge on any atom is -0.498 e. The monoisotopic (exact) mass is 206 g/mol. The zero-order valence-electron chi connectivity index (χ0n) is 7.02. The van der Waals surface area contributed by atoms with Crippen molar-refractivity contribution in [3.05, 3.63) is 10.7 Å². The maximum Gasteiger partial charge on any atom is 0.0936 e. The molecule has 60 valence electrons. The van der Waals surface area contributed by atoms with Crippen LogP contribution in [0.1, 0.15) is 27.7 Å². The van der Waals surface area contributed by atoms with E-state index in [2.05, 4.69) is 29.8 Å². The van der Waals surface area contributed by atoms with Crippen LogP contribution in [0, 0.1) is 5.92 Å². The van der Waals surface area contributed by atoms with Gasteiger partial charge >= 0.3 is 0 Å². The van der Waals surface area contributed by atoms with Crippen LogP contribution in [0.3, 0.4) is 0 Å². The molecule has 0 atom stereocenters. The summed E-state index contributed by atoms with van der Waals surface area (Å²) in [5.41, 5.74) is 0. The van der Waals surface area contributed by atoms with Gasteiger partial charge in [0.25, 0.3) is 0 Å². The molecule has 0 saturated carbocycles. The lowest BCUT2D eigenvalue weighted by atomic mass is 10.2. The van der Waals surface area contributed by atoms with Crippen molar-refractivity contribution < 1.29 is 4.74 Å². The van der Waals surface area contributed by atoms with Crippen LogP contribution in [-0.2, 0) is 4.74 Å². The van der Waals surface area contributed by atoms with Crippen LogP contribution >= 0.6 is 15.9 Å². The van der Waals surface area contributed by atoms with Crippen LogP contribution in [-0.4, -0.2) is 6.10 Å². The molecular weight excluding hydrogens is 192 g/mol. The van der Waals surface area contributed by atoms with E-state index in [1.165, 1.54) is 0 Å². The van der Waals surface area contributed by atoms with Crippen molar-refractivity contribution in [2.24, 2.45) is 5.92 Å². The molecule has 0 radical (unpaired) electrons. The smallest absolute Gasteiger partial charge is 0.0936 e. The number of rotatable bonds is 3. The SMILES string of the molecule is CC(C)O/C=C(\Br)C(C)C. The molecule has 0 aromatic carbocycles.